The highest BCUT2D eigenvalue weighted by atomic mass is 16.1. The Kier molecular flexibility index (Phi) is 2.86. The average molecular weight is 163 g/mol. The van der Waals surface area contributed by atoms with Crippen LogP contribution in [-0.4, -0.2) is 4.57 Å². The van der Waals surface area contributed by atoms with Crippen LogP contribution in [-0.2, 0) is 6.54 Å². The summed E-state index contributed by atoms with van der Waals surface area (Å²) in [5, 5.41) is 0. The lowest BCUT2D eigenvalue weighted by molar-refractivity contribution is 0.667. The van der Waals surface area contributed by atoms with Gasteiger partial charge in [0, 0.05) is 18.8 Å². The summed E-state index contributed by atoms with van der Waals surface area (Å²) in [5.41, 5.74) is 1.16. The number of rotatable bonds is 3. The molecule has 2 nitrogen and oxygen atoms in total. The van der Waals surface area contributed by atoms with E-state index in [2.05, 4.69) is 6.58 Å². The quantitative estimate of drug-likeness (QED) is 0.623. The minimum Gasteiger partial charge on any atom is -0.315 e. The number of nitrogens with zero attached hydrogens (tertiary/aromatic N) is 1. The van der Waals surface area contributed by atoms with Gasteiger partial charge in [0.05, 0.1) is 0 Å². The van der Waals surface area contributed by atoms with Gasteiger partial charge in [-0.1, -0.05) is 11.6 Å². The van der Waals surface area contributed by atoms with Crippen LogP contribution in [0.5, 0.6) is 0 Å². The van der Waals surface area contributed by atoms with E-state index >= 15 is 0 Å². The van der Waals surface area contributed by atoms with Gasteiger partial charge in [-0.3, -0.25) is 4.79 Å². The Morgan fingerprint density at radius 2 is 2.33 bits per heavy atom. The molecule has 0 unspecified atom stereocenters. The van der Waals surface area contributed by atoms with Crippen molar-refractivity contribution in [2.75, 3.05) is 0 Å². The van der Waals surface area contributed by atoms with Crippen molar-refractivity contribution in [3.8, 4) is 0 Å². The van der Waals surface area contributed by atoms with E-state index in [0.717, 1.165) is 18.5 Å². The Morgan fingerprint density at radius 3 is 2.92 bits per heavy atom. The molecule has 1 rings (SSSR count). The zero-order valence-corrected chi connectivity index (χ0v) is 7.29. The van der Waals surface area contributed by atoms with Gasteiger partial charge in [0.15, 0.2) is 0 Å². The maximum Gasteiger partial charge on any atom is 0.250 e. The molecule has 2 heteroatoms. The third-order valence-corrected chi connectivity index (χ3v) is 1.68. The molecule has 0 radical (unpaired) electrons. The molecule has 0 saturated heterocycles. The van der Waals surface area contributed by atoms with Crippen molar-refractivity contribution in [2.45, 2.75) is 19.9 Å². The number of allylic oxidation sites excluding steroid dienone is 1. The van der Waals surface area contributed by atoms with E-state index in [4.69, 9.17) is 0 Å². The smallest absolute Gasteiger partial charge is 0.250 e. The SMILES string of the molecule is C=C(C)CCn1ccccc1=O. The lowest BCUT2D eigenvalue weighted by atomic mass is 10.2. The van der Waals surface area contributed by atoms with Crippen LogP contribution < -0.4 is 5.56 Å². The van der Waals surface area contributed by atoms with E-state index in [1.165, 1.54) is 0 Å². The van der Waals surface area contributed by atoms with Crippen molar-refractivity contribution in [2.24, 2.45) is 0 Å². The summed E-state index contributed by atoms with van der Waals surface area (Å²) >= 11 is 0. The van der Waals surface area contributed by atoms with Gasteiger partial charge in [-0.25, -0.2) is 0 Å². The summed E-state index contributed by atoms with van der Waals surface area (Å²) < 4.78 is 1.69. The predicted octanol–water partition coefficient (Wildman–Crippen LogP) is 1.81. The summed E-state index contributed by atoms with van der Waals surface area (Å²) in [6.07, 6.45) is 2.66. The van der Waals surface area contributed by atoms with Crippen molar-refractivity contribution in [3.63, 3.8) is 0 Å². The minimum atomic E-state index is 0.0544. The monoisotopic (exact) mass is 163 g/mol. The van der Waals surface area contributed by atoms with Gasteiger partial charge in [0.2, 0.25) is 0 Å². The fourth-order valence-corrected chi connectivity index (χ4v) is 0.957. The van der Waals surface area contributed by atoms with E-state index in [1.54, 1.807) is 22.9 Å². The number of hydrogen-bond acceptors (Lipinski definition) is 1. The summed E-state index contributed by atoms with van der Waals surface area (Å²) in [6.45, 7) is 6.48. The molecule has 0 fully saturated rings. The number of aryl methyl sites for hydroxylation is 1. The molecule has 0 spiro atoms. The molecule has 0 aliphatic carbocycles. The van der Waals surface area contributed by atoms with Crippen molar-refractivity contribution in [1.82, 2.24) is 4.57 Å². The molecule has 0 aliphatic heterocycles. The van der Waals surface area contributed by atoms with Crippen molar-refractivity contribution in [3.05, 3.63) is 46.9 Å². The van der Waals surface area contributed by atoms with Crippen molar-refractivity contribution >= 4 is 0 Å². The van der Waals surface area contributed by atoms with E-state index in [9.17, 15) is 4.79 Å². The van der Waals surface area contributed by atoms with Crippen LogP contribution in [0.1, 0.15) is 13.3 Å². The number of pyridine rings is 1. The Balaban J connectivity index is 2.70. The topological polar surface area (TPSA) is 22.0 Å². The second-order valence-corrected chi connectivity index (χ2v) is 2.94. The molecule has 0 aromatic carbocycles. The third kappa shape index (κ3) is 2.38. The Labute approximate surface area is 72.2 Å². The second-order valence-electron chi connectivity index (χ2n) is 2.94. The zero-order valence-electron chi connectivity index (χ0n) is 7.29. The summed E-state index contributed by atoms with van der Waals surface area (Å²) in [5.74, 6) is 0. The largest absolute Gasteiger partial charge is 0.315 e. The van der Waals surface area contributed by atoms with E-state index < -0.39 is 0 Å². The highest BCUT2D eigenvalue weighted by Crippen LogP contribution is 1.96. The Morgan fingerprint density at radius 1 is 1.58 bits per heavy atom. The first-order valence-electron chi connectivity index (χ1n) is 4.00. The third-order valence-electron chi connectivity index (χ3n) is 1.68. The highest BCUT2D eigenvalue weighted by molar-refractivity contribution is 4.95. The van der Waals surface area contributed by atoms with Gasteiger partial charge < -0.3 is 4.57 Å². The van der Waals surface area contributed by atoms with Gasteiger partial charge in [0.25, 0.3) is 5.56 Å². The standard InChI is InChI=1S/C10H13NO/c1-9(2)6-8-11-7-4-3-5-10(11)12/h3-5,7H,1,6,8H2,2H3. The van der Waals surface area contributed by atoms with Crippen LogP contribution in [0.4, 0.5) is 0 Å². The number of aromatic nitrogens is 1. The first kappa shape index (κ1) is 8.78. The lowest BCUT2D eigenvalue weighted by Gasteiger charge is -2.03. The van der Waals surface area contributed by atoms with Gasteiger partial charge in [-0.05, 0) is 19.4 Å². The normalized spacial score (nSPS) is 9.75. The highest BCUT2D eigenvalue weighted by Gasteiger charge is 1.92. The maximum absolute atomic E-state index is 11.2. The molecular formula is C10H13NO. The van der Waals surface area contributed by atoms with Crippen LogP contribution >= 0.6 is 0 Å². The summed E-state index contributed by atoms with van der Waals surface area (Å²) in [6, 6.07) is 5.18. The molecular weight excluding hydrogens is 150 g/mol. The Hall–Kier alpha value is -1.31. The van der Waals surface area contributed by atoms with E-state index in [1.807, 2.05) is 13.0 Å². The van der Waals surface area contributed by atoms with Gasteiger partial charge in [0.1, 0.15) is 0 Å². The predicted molar refractivity (Wildman–Crippen MR) is 50.1 cm³/mol. The maximum atomic E-state index is 11.2. The molecule has 12 heavy (non-hydrogen) atoms. The first-order valence-corrected chi connectivity index (χ1v) is 4.00. The molecule has 0 bridgehead atoms. The molecule has 0 N–H and O–H groups in total. The van der Waals surface area contributed by atoms with Crippen LogP contribution in [0.25, 0.3) is 0 Å². The van der Waals surface area contributed by atoms with Crippen LogP contribution in [0.3, 0.4) is 0 Å². The molecule has 0 atom stereocenters. The average Bonchev–Trinajstić information content (AvgIpc) is 2.03. The van der Waals surface area contributed by atoms with E-state index in [-0.39, 0.29) is 5.56 Å². The van der Waals surface area contributed by atoms with Crippen LogP contribution in [0, 0.1) is 0 Å². The molecule has 1 aromatic rings. The lowest BCUT2D eigenvalue weighted by Crippen LogP contribution is -2.17. The number of hydrogen-bond donors (Lipinski definition) is 0. The van der Waals surface area contributed by atoms with Gasteiger partial charge in [-0.15, -0.1) is 6.58 Å². The molecule has 1 heterocycles. The van der Waals surface area contributed by atoms with E-state index in [0.29, 0.717) is 0 Å². The first-order chi connectivity index (χ1) is 5.70. The molecule has 64 valence electrons. The zero-order chi connectivity index (χ0) is 8.97. The van der Waals surface area contributed by atoms with Gasteiger partial charge >= 0.3 is 0 Å². The molecule has 0 saturated carbocycles. The van der Waals surface area contributed by atoms with Crippen molar-refractivity contribution < 1.29 is 0 Å². The minimum absolute atomic E-state index is 0.0544. The fourth-order valence-electron chi connectivity index (χ4n) is 0.957. The second kappa shape index (κ2) is 3.90. The Bertz CT molecular complexity index is 325. The van der Waals surface area contributed by atoms with Gasteiger partial charge in [-0.2, -0.15) is 0 Å². The molecule has 0 aliphatic rings. The van der Waals surface area contributed by atoms with Crippen LogP contribution in [0.2, 0.25) is 0 Å². The fraction of sp³-hybridized carbons (Fsp3) is 0.300. The summed E-state index contributed by atoms with van der Waals surface area (Å²) in [7, 11) is 0. The molecule has 0 amide bonds. The van der Waals surface area contributed by atoms with Crippen LogP contribution in [0.15, 0.2) is 41.3 Å². The molecule has 1 aromatic heterocycles. The summed E-state index contributed by atoms with van der Waals surface area (Å²) in [4.78, 5) is 11.2. The van der Waals surface area contributed by atoms with Crippen molar-refractivity contribution in [1.29, 1.82) is 0 Å².